The summed E-state index contributed by atoms with van der Waals surface area (Å²) in [7, 11) is 6.38. The highest BCUT2D eigenvalue weighted by atomic mass is 16.7. The van der Waals surface area contributed by atoms with Crippen LogP contribution in [0.5, 0.6) is 0 Å². The van der Waals surface area contributed by atoms with Crippen molar-refractivity contribution in [2.75, 3.05) is 41.5 Å². The summed E-state index contributed by atoms with van der Waals surface area (Å²) in [6, 6.07) is -0.797. The molecule has 63 heavy (non-hydrogen) atoms. The summed E-state index contributed by atoms with van der Waals surface area (Å²) in [5, 5.41) is 55.9. The lowest BCUT2D eigenvalue weighted by Gasteiger charge is -2.50. The Kier molecular flexibility index (Phi) is 20.3. The average Bonchev–Trinajstić information content (AvgIpc) is 3.22. The lowest BCUT2D eigenvalue weighted by atomic mass is 9.79. The molecule has 4 aliphatic rings. The van der Waals surface area contributed by atoms with E-state index in [0.29, 0.717) is 18.3 Å². The van der Waals surface area contributed by atoms with Gasteiger partial charge in [-0.3, -0.25) is 9.59 Å². The molecule has 0 aromatic carbocycles. The van der Waals surface area contributed by atoms with Gasteiger partial charge in [-0.15, -0.1) is 0 Å². The van der Waals surface area contributed by atoms with Crippen LogP contribution in [0.1, 0.15) is 80.6 Å². The van der Waals surface area contributed by atoms with Gasteiger partial charge in [0.05, 0.1) is 56.2 Å². The molecule has 20 atom stereocenters. The molecule has 3 fully saturated rings. The minimum Gasteiger partial charge on any atom is -0.462 e. The van der Waals surface area contributed by atoms with E-state index in [0.717, 1.165) is 0 Å². The predicted octanol–water partition coefficient (Wildman–Crippen LogP) is 1.45. The zero-order chi connectivity index (χ0) is 46.9. The lowest BCUT2D eigenvalue weighted by molar-refractivity contribution is -0.351. The summed E-state index contributed by atoms with van der Waals surface area (Å²) < 4.78 is 54.3. The second-order valence-corrected chi connectivity index (χ2v) is 18.2. The molecule has 4 aliphatic heterocycles. The van der Waals surface area contributed by atoms with E-state index in [9.17, 15) is 39.9 Å². The van der Waals surface area contributed by atoms with E-state index in [1.807, 2.05) is 13.0 Å². The van der Waals surface area contributed by atoms with Crippen molar-refractivity contribution in [1.82, 2.24) is 4.90 Å². The zero-order valence-corrected chi connectivity index (χ0v) is 38.8. The highest BCUT2D eigenvalue weighted by Gasteiger charge is 2.53. The fraction of sp³-hybridized carbons (Fsp3) is 0.844. The van der Waals surface area contributed by atoms with Crippen LogP contribution < -0.4 is 0 Å². The second kappa shape index (κ2) is 24.0. The molecular formula is C45H75NO17. The normalized spacial score (nSPS) is 45.3. The summed E-state index contributed by atoms with van der Waals surface area (Å²) in [6.45, 7) is 12.0. The van der Waals surface area contributed by atoms with Gasteiger partial charge in [-0.05, 0) is 73.0 Å². The van der Waals surface area contributed by atoms with E-state index >= 15 is 0 Å². The number of cyclic esters (lactones) is 1. The maximum Gasteiger partial charge on any atom is 0.308 e. The molecule has 18 nitrogen and oxygen atoms in total. The number of esters is 1. The molecule has 0 amide bonds. The third kappa shape index (κ3) is 13.2. The first-order valence-corrected chi connectivity index (χ1v) is 22.2. The number of aliphatic hydroxyl groups excluding tert-OH is 4. The minimum atomic E-state index is -1.74. The molecule has 0 spiro atoms. The molecule has 0 bridgehead atoms. The van der Waals surface area contributed by atoms with Gasteiger partial charge in [-0.1, -0.05) is 38.5 Å². The van der Waals surface area contributed by atoms with Crippen molar-refractivity contribution in [3.8, 4) is 0 Å². The zero-order valence-electron chi connectivity index (χ0n) is 38.8. The third-order valence-electron chi connectivity index (χ3n) is 13.2. The Morgan fingerprint density at radius 1 is 0.905 bits per heavy atom. The number of ketones is 1. The van der Waals surface area contributed by atoms with Crippen molar-refractivity contribution >= 4 is 18.0 Å². The van der Waals surface area contributed by atoms with Gasteiger partial charge in [0, 0.05) is 38.4 Å². The Morgan fingerprint density at radius 3 is 2.19 bits per heavy atom. The van der Waals surface area contributed by atoms with E-state index < -0.39 is 134 Å². The van der Waals surface area contributed by atoms with Gasteiger partial charge in [-0.25, -0.2) is 0 Å². The van der Waals surface area contributed by atoms with E-state index in [1.54, 1.807) is 59.7 Å². The van der Waals surface area contributed by atoms with Gasteiger partial charge < -0.3 is 77.9 Å². The summed E-state index contributed by atoms with van der Waals surface area (Å²) in [5.74, 6) is -3.62. The first-order valence-electron chi connectivity index (χ1n) is 22.2. The minimum absolute atomic E-state index is 0.00966. The van der Waals surface area contributed by atoms with Crippen molar-refractivity contribution in [3.63, 3.8) is 0 Å². The number of aldehydes is 1. The predicted molar refractivity (Wildman–Crippen MR) is 226 cm³/mol. The fourth-order valence-electron chi connectivity index (χ4n) is 9.15. The molecule has 5 N–H and O–H groups in total. The number of rotatable bonds is 13. The van der Waals surface area contributed by atoms with Crippen LogP contribution in [0, 0.1) is 23.7 Å². The Balaban J connectivity index is 1.63. The number of allylic oxidation sites excluding steroid dienone is 3. The van der Waals surface area contributed by atoms with Crippen LogP contribution in [-0.4, -0.2) is 188 Å². The number of methoxy groups -OCH3 is 2. The van der Waals surface area contributed by atoms with Crippen molar-refractivity contribution in [2.45, 2.75) is 178 Å². The molecular weight excluding hydrogens is 826 g/mol. The maximum absolute atomic E-state index is 13.8. The van der Waals surface area contributed by atoms with E-state index in [2.05, 4.69) is 0 Å². The van der Waals surface area contributed by atoms with Crippen LogP contribution in [-0.2, 0) is 57.0 Å². The Bertz CT molecular complexity index is 1530. The molecule has 0 aliphatic carbocycles. The largest absolute Gasteiger partial charge is 0.462 e. The molecule has 0 aromatic rings. The van der Waals surface area contributed by atoms with E-state index in [1.165, 1.54) is 27.2 Å². The standard InChI is InChI=1S/C45H75NO17/c1-12-32-29(22-58-43-41(56-11)40(55-10)36(52)26(5)59-43)19-23(2)13-14-30(48)24(3)20-28(15-17-47)38(25(4)31(49)21-34(51)61-32)62-42-37(53)35(46(8)9)39(27(6)60-42)63-44-45(7,54)33(50)16-18-57-44/h13-14,17,19,24-29,31-33,35-44,49-50,52-54H,12,15-16,18,20-22H2,1-11H3/b14-13+,23-19+/t24-,25+,26-,27-,28+,29-,31-,32-,33+,35-,36-,37-,38-,39-,40-,41-,42+,43-,44+,45+/m1/s1. The highest BCUT2D eigenvalue weighted by molar-refractivity contribution is 5.91. The molecule has 0 radical (unpaired) electrons. The number of carbonyl (C=O) groups is 3. The third-order valence-corrected chi connectivity index (χ3v) is 13.2. The number of likely N-dealkylation sites (N-methyl/N-ethyl adjacent to an activating group) is 1. The fourth-order valence-corrected chi connectivity index (χ4v) is 9.15. The summed E-state index contributed by atoms with van der Waals surface area (Å²) in [6.07, 6.45) is -8.02. The number of aliphatic hydroxyl groups is 5. The Hall–Kier alpha value is -2.27. The molecule has 0 unspecified atom stereocenters. The SMILES string of the molecule is CC[C@H]1OC(=O)C[C@@H](O)[C@H](C)[C@@H](O[C@@H]2O[C@H](C)[C@@H](O[C@@H]3OCC[C@H](O)[C@]3(C)O)[C@H](N(C)C)[C@H]2O)[C@@H](CC=O)C[C@@H](C)C(=O)/C=C/C(C)=C/[C@@H]1CO[C@@H]1O[C@H](C)[C@@H](O)[C@@H](OC)[C@H]1OC. The number of nitrogens with zero attached hydrogens (tertiary/aromatic N) is 1. The molecule has 0 aromatic heterocycles. The number of hydrogen-bond donors (Lipinski definition) is 5. The average molecular weight is 902 g/mol. The summed E-state index contributed by atoms with van der Waals surface area (Å²) in [5.41, 5.74) is -1.06. The van der Waals surface area contributed by atoms with Gasteiger partial charge in [-0.2, -0.15) is 0 Å². The second-order valence-electron chi connectivity index (χ2n) is 18.2. The number of hydrogen-bond acceptors (Lipinski definition) is 18. The van der Waals surface area contributed by atoms with Crippen LogP contribution in [0.15, 0.2) is 23.8 Å². The molecule has 0 saturated carbocycles. The van der Waals surface area contributed by atoms with Gasteiger partial charge in [0.15, 0.2) is 24.7 Å². The smallest absolute Gasteiger partial charge is 0.308 e. The number of carbonyl (C=O) groups excluding carboxylic acids is 3. The molecule has 4 rings (SSSR count). The molecule has 3 saturated heterocycles. The maximum atomic E-state index is 13.8. The molecule has 18 heteroatoms. The van der Waals surface area contributed by atoms with Crippen LogP contribution in [0.3, 0.4) is 0 Å². The Labute approximate surface area is 372 Å². The van der Waals surface area contributed by atoms with E-state index in [-0.39, 0.29) is 38.3 Å². The highest BCUT2D eigenvalue weighted by Crippen LogP contribution is 2.37. The summed E-state index contributed by atoms with van der Waals surface area (Å²) >= 11 is 0. The van der Waals surface area contributed by atoms with Crippen LogP contribution >= 0.6 is 0 Å². The molecule has 4 heterocycles. The van der Waals surface area contributed by atoms with Crippen molar-refractivity contribution in [2.24, 2.45) is 23.7 Å². The quantitative estimate of drug-likeness (QED) is 0.130. The van der Waals surface area contributed by atoms with Crippen molar-refractivity contribution in [1.29, 1.82) is 0 Å². The van der Waals surface area contributed by atoms with Gasteiger partial charge in [0.2, 0.25) is 0 Å². The molecule has 362 valence electrons. The number of ether oxygens (including phenoxy) is 9. The summed E-state index contributed by atoms with van der Waals surface area (Å²) in [4.78, 5) is 41.4. The van der Waals surface area contributed by atoms with E-state index in [4.69, 9.17) is 42.6 Å². The van der Waals surface area contributed by atoms with Crippen LogP contribution in [0.25, 0.3) is 0 Å². The first-order chi connectivity index (χ1) is 29.7. The Morgan fingerprint density at radius 2 is 1.57 bits per heavy atom. The van der Waals surface area contributed by atoms with Crippen molar-refractivity contribution < 1.29 is 82.5 Å². The first kappa shape index (κ1) is 53.3. The topological polar surface area (TPSA) is 239 Å². The lowest BCUT2D eigenvalue weighted by Crippen LogP contribution is -2.66. The van der Waals surface area contributed by atoms with Gasteiger partial charge >= 0.3 is 5.97 Å². The van der Waals surface area contributed by atoms with Gasteiger partial charge in [0.1, 0.15) is 48.5 Å². The van der Waals surface area contributed by atoms with Crippen LogP contribution in [0.2, 0.25) is 0 Å². The monoisotopic (exact) mass is 902 g/mol. The van der Waals surface area contributed by atoms with Crippen LogP contribution in [0.4, 0.5) is 0 Å². The van der Waals surface area contributed by atoms with Gasteiger partial charge in [0.25, 0.3) is 0 Å². The van der Waals surface area contributed by atoms with Crippen molar-refractivity contribution in [3.05, 3.63) is 23.8 Å².